The predicted molar refractivity (Wildman–Crippen MR) is 71.0 cm³/mol. The van der Waals surface area contributed by atoms with Crippen LogP contribution < -0.4 is 0 Å². The molecule has 100 valence electrons. The van der Waals surface area contributed by atoms with Crippen LogP contribution in [-0.4, -0.2) is 23.3 Å². The van der Waals surface area contributed by atoms with Gasteiger partial charge in [-0.05, 0) is 6.92 Å². The highest BCUT2D eigenvalue weighted by molar-refractivity contribution is 7.10. The highest BCUT2D eigenvalue weighted by Gasteiger charge is 2.20. The van der Waals surface area contributed by atoms with Crippen molar-refractivity contribution in [1.82, 2.24) is 4.98 Å². The summed E-state index contributed by atoms with van der Waals surface area (Å²) in [6, 6.07) is 0. The highest BCUT2D eigenvalue weighted by atomic mass is 32.1. The van der Waals surface area contributed by atoms with Crippen LogP contribution in [0.5, 0.6) is 0 Å². The molecule has 0 radical (unpaired) electrons. The van der Waals surface area contributed by atoms with Crippen molar-refractivity contribution in [1.29, 1.82) is 0 Å². The van der Waals surface area contributed by atoms with Crippen LogP contribution in [0.2, 0.25) is 0 Å². The number of ketones is 1. The molecular weight excluding hydrogens is 250 g/mol. The van der Waals surface area contributed by atoms with Gasteiger partial charge in [-0.2, -0.15) is 0 Å². The first-order valence-corrected chi connectivity index (χ1v) is 6.87. The zero-order valence-corrected chi connectivity index (χ0v) is 12.1. The number of thiazole rings is 1. The first-order chi connectivity index (χ1) is 8.34. The number of nitrogens with zero attached hydrogens (tertiary/aromatic N) is 1. The van der Waals surface area contributed by atoms with Crippen molar-refractivity contribution in [3.63, 3.8) is 0 Å². The monoisotopic (exact) mass is 269 g/mol. The highest BCUT2D eigenvalue weighted by Crippen LogP contribution is 2.26. The van der Waals surface area contributed by atoms with Gasteiger partial charge in [0.15, 0.2) is 5.78 Å². The molecule has 1 heterocycles. The third kappa shape index (κ3) is 4.22. The number of hydrogen-bond acceptors (Lipinski definition) is 5. The van der Waals surface area contributed by atoms with Crippen LogP contribution in [-0.2, 0) is 14.9 Å². The molecule has 0 saturated heterocycles. The van der Waals surface area contributed by atoms with E-state index in [1.54, 1.807) is 12.3 Å². The fraction of sp³-hybridized carbons (Fsp3) is 0.615. The third-order valence-corrected chi connectivity index (χ3v) is 3.56. The van der Waals surface area contributed by atoms with Crippen LogP contribution in [0, 0.1) is 0 Å². The third-order valence-electron chi connectivity index (χ3n) is 2.29. The molecule has 1 rings (SSSR count). The van der Waals surface area contributed by atoms with Crippen molar-refractivity contribution in [2.45, 2.75) is 46.0 Å². The van der Waals surface area contributed by atoms with Gasteiger partial charge in [0.25, 0.3) is 0 Å². The van der Waals surface area contributed by atoms with Crippen molar-refractivity contribution < 1.29 is 14.3 Å². The minimum Gasteiger partial charge on any atom is -0.466 e. The normalized spacial score (nSPS) is 11.3. The maximum atomic E-state index is 11.8. The van der Waals surface area contributed by atoms with Gasteiger partial charge in [-0.15, -0.1) is 11.3 Å². The molecule has 0 saturated carbocycles. The second-order valence-electron chi connectivity index (χ2n) is 5.02. The van der Waals surface area contributed by atoms with Crippen LogP contribution in [0.1, 0.15) is 56.0 Å². The van der Waals surface area contributed by atoms with Crippen LogP contribution in [0.15, 0.2) is 5.38 Å². The summed E-state index contributed by atoms with van der Waals surface area (Å²) >= 11 is 1.48. The van der Waals surface area contributed by atoms with Gasteiger partial charge in [-0.25, -0.2) is 4.98 Å². The lowest BCUT2D eigenvalue weighted by Crippen LogP contribution is -2.12. The van der Waals surface area contributed by atoms with Gasteiger partial charge in [0.2, 0.25) is 0 Å². The Morgan fingerprint density at radius 1 is 1.33 bits per heavy atom. The van der Waals surface area contributed by atoms with E-state index in [2.05, 4.69) is 25.8 Å². The molecule has 0 aliphatic carbocycles. The molecule has 1 aromatic heterocycles. The zero-order valence-electron chi connectivity index (χ0n) is 11.3. The molecular formula is C13H19NO3S. The Bertz CT molecular complexity index is 432. The molecule has 0 atom stereocenters. The van der Waals surface area contributed by atoms with E-state index in [4.69, 9.17) is 4.74 Å². The van der Waals surface area contributed by atoms with Gasteiger partial charge < -0.3 is 4.74 Å². The number of ether oxygens (including phenoxy) is 1. The first kappa shape index (κ1) is 14.8. The molecule has 4 nitrogen and oxygen atoms in total. The Labute approximate surface area is 111 Å². The first-order valence-electron chi connectivity index (χ1n) is 5.99. The van der Waals surface area contributed by atoms with Gasteiger partial charge in [0.1, 0.15) is 5.69 Å². The molecule has 5 heteroatoms. The minimum atomic E-state index is -0.336. The molecule has 0 spiro atoms. The minimum absolute atomic E-state index is 0.0513. The lowest BCUT2D eigenvalue weighted by atomic mass is 9.98. The molecule has 0 amide bonds. The second kappa shape index (κ2) is 6.09. The molecule has 0 unspecified atom stereocenters. The summed E-state index contributed by atoms with van der Waals surface area (Å²) in [6.45, 7) is 8.25. The number of esters is 1. The fourth-order valence-corrected chi connectivity index (χ4v) is 2.24. The quantitative estimate of drug-likeness (QED) is 0.609. The number of carbonyl (C=O) groups excluding carboxylic acids is 2. The SMILES string of the molecule is CCOC(=O)CCC(=O)c1csc(C(C)(C)C)n1. The van der Waals surface area contributed by atoms with Gasteiger partial charge in [0, 0.05) is 17.2 Å². The molecule has 18 heavy (non-hydrogen) atoms. The standard InChI is InChI=1S/C13H19NO3S/c1-5-17-11(16)7-6-10(15)9-8-18-12(14-9)13(2,3)4/h8H,5-7H2,1-4H3. The average Bonchev–Trinajstić information content (AvgIpc) is 2.75. The van der Waals surface area contributed by atoms with Crippen molar-refractivity contribution in [3.8, 4) is 0 Å². The number of carbonyl (C=O) groups is 2. The molecule has 0 bridgehead atoms. The van der Waals surface area contributed by atoms with E-state index >= 15 is 0 Å². The van der Waals surface area contributed by atoms with Crippen LogP contribution in [0.25, 0.3) is 0 Å². The van der Waals surface area contributed by atoms with Crippen LogP contribution >= 0.6 is 11.3 Å². The Balaban J connectivity index is 2.57. The van der Waals surface area contributed by atoms with Gasteiger partial charge in [-0.3, -0.25) is 9.59 Å². The molecule has 1 aromatic rings. The number of aromatic nitrogens is 1. The molecule has 0 aromatic carbocycles. The fourth-order valence-electron chi connectivity index (χ4n) is 1.32. The van der Waals surface area contributed by atoms with Crippen molar-refractivity contribution in [3.05, 3.63) is 16.1 Å². The number of hydrogen-bond donors (Lipinski definition) is 0. The van der Waals surface area contributed by atoms with Crippen LogP contribution in [0.3, 0.4) is 0 Å². The average molecular weight is 269 g/mol. The summed E-state index contributed by atoms with van der Waals surface area (Å²) in [4.78, 5) is 27.3. The van der Waals surface area contributed by atoms with Crippen molar-refractivity contribution >= 4 is 23.1 Å². The molecule has 0 aliphatic heterocycles. The Morgan fingerprint density at radius 3 is 2.50 bits per heavy atom. The van der Waals surface area contributed by atoms with E-state index in [1.807, 2.05) is 0 Å². The Hall–Kier alpha value is -1.23. The largest absolute Gasteiger partial charge is 0.466 e. The molecule has 0 aliphatic rings. The zero-order chi connectivity index (χ0) is 13.8. The Morgan fingerprint density at radius 2 is 2.00 bits per heavy atom. The van der Waals surface area contributed by atoms with E-state index in [9.17, 15) is 9.59 Å². The summed E-state index contributed by atoms with van der Waals surface area (Å²) < 4.78 is 4.78. The van der Waals surface area contributed by atoms with E-state index in [0.29, 0.717) is 12.3 Å². The summed E-state index contributed by atoms with van der Waals surface area (Å²) in [5.41, 5.74) is 0.402. The second-order valence-corrected chi connectivity index (χ2v) is 5.87. The topological polar surface area (TPSA) is 56.3 Å². The van der Waals surface area contributed by atoms with Crippen LogP contribution in [0.4, 0.5) is 0 Å². The van der Waals surface area contributed by atoms with E-state index < -0.39 is 0 Å². The van der Waals surface area contributed by atoms with E-state index in [-0.39, 0.29) is 30.0 Å². The predicted octanol–water partition coefficient (Wildman–Crippen LogP) is 2.97. The van der Waals surface area contributed by atoms with Crippen molar-refractivity contribution in [2.75, 3.05) is 6.61 Å². The number of rotatable bonds is 5. The van der Waals surface area contributed by atoms with Gasteiger partial charge >= 0.3 is 5.97 Å². The lowest BCUT2D eigenvalue weighted by molar-refractivity contribution is -0.143. The maximum absolute atomic E-state index is 11.8. The summed E-state index contributed by atoms with van der Waals surface area (Å²) in [5, 5.41) is 2.69. The summed E-state index contributed by atoms with van der Waals surface area (Å²) in [7, 11) is 0. The van der Waals surface area contributed by atoms with Gasteiger partial charge in [0.05, 0.1) is 18.0 Å². The lowest BCUT2D eigenvalue weighted by Gasteiger charge is -2.13. The van der Waals surface area contributed by atoms with E-state index in [1.165, 1.54) is 11.3 Å². The molecule has 0 fully saturated rings. The molecule has 0 N–H and O–H groups in total. The summed E-state index contributed by atoms with van der Waals surface area (Å²) in [5.74, 6) is -0.438. The van der Waals surface area contributed by atoms with Gasteiger partial charge in [-0.1, -0.05) is 20.8 Å². The Kier molecular flexibility index (Phi) is 5.02. The van der Waals surface area contributed by atoms with Crippen molar-refractivity contribution in [2.24, 2.45) is 0 Å². The van der Waals surface area contributed by atoms with E-state index in [0.717, 1.165) is 5.01 Å². The maximum Gasteiger partial charge on any atom is 0.306 e. The smallest absolute Gasteiger partial charge is 0.306 e. The summed E-state index contributed by atoms with van der Waals surface area (Å²) in [6.07, 6.45) is 0.279. The number of Topliss-reactive ketones (excluding diaryl/α,β-unsaturated/α-hetero) is 1.